The summed E-state index contributed by atoms with van der Waals surface area (Å²) in [6.45, 7) is 5.26. The van der Waals surface area contributed by atoms with Gasteiger partial charge in [0.05, 0.1) is 0 Å². The van der Waals surface area contributed by atoms with Crippen LogP contribution in [0.4, 0.5) is 15.8 Å². The SMILES string of the molecule is CCNC(CC)c1ccc(N(C)c2cccc(F)c2)cc1. The molecule has 0 aliphatic heterocycles. The fourth-order valence-corrected chi connectivity index (χ4v) is 2.51. The number of hydrogen-bond acceptors (Lipinski definition) is 2. The topological polar surface area (TPSA) is 15.3 Å². The Morgan fingerprint density at radius 1 is 1.05 bits per heavy atom. The lowest BCUT2D eigenvalue weighted by Crippen LogP contribution is -2.20. The molecule has 0 saturated heterocycles. The number of rotatable bonds is 6. The van der Waals surface area contributed by atoms with E-state index in [9.17, 15) is 4.39 Å². The van der Waals surface area contributed by atoms with E-state index in [4.69, 9.17) is 0 Å². The number of anilines is 2. The molecule has 0 spiro atoms. The van der Waals surface area contributed by atoms with Crippen molar-refractivity contribution < 1.29 is 4.39 Å². The molecule has 0 aliphatic rings. The van der Waals surface area contributed by atoms with E-state index in [0.29, 0.717) is 6.04 Å². The monoisotopic (exact) mass is 286 g/mol. The molecule has 2 rings (SSSR count). The predicted molar refractivity (Wildman–Crippen MR) is 87.6 cm³/mol. The summed E-state index contributed by atoms with van der Waals surface area (Å²) in [5.74, 6) is -0.214. The quantitative estimate of drug-likeness (QED) is 0.831. The number of nitrogens with zero attached hydrogens (tertiary/aromatic N) is 1. The van der Waals surface area contributed by atoms with Gasteiger partial charge in [0.2, 0.25) is 0 Å². The van der Waals surface area contributed by atoms with Crippen LogP contribution in [0, 0.1) is 5.82 Å². The predicted octanol–water partition coefficient (Wildman–Crippen LogP) is 4.65. The molecular formula is C18H23FN2. The third-order valence-corrected chi connectivity index (χ3v) is 3.74. The summed E-state index contributed by atoms with van der Waals surface area (Å²) in [7, 11) is 1.95. The molecule has 2 aromatic carbocycles. The highest BCUT2D eigenvalue weighted by Crippen LogP contribution is 2.26. The van der Waals surface area contributed by atoms with E-state index in [2.05, 4.69) is 43.4 Å². The van der Waals surface area contributed by atoms with Crippen LogP contribution >= 0.6 is 0 Å². The van der Waals surface area contributed by atoms with E-state index < -0.39 is 0 Å². The normalized spacial score (nSPS) is 12.2. The average Bonchev–Trinajstić information content (AvgIpc) is 2.52. The van der Waals surface area contributed by atoms with Crippen molar-refractivity contribution >= 4 is 11.4 Å². The van der Waals surface area contributed by atoms with Crippen LogP contribution in [0.2, 0.25) is 0 Å². The zero-order chi connectivity index (χ0) is 15.2. The van der Waals surface area contributed by atoms with Gasteiger partial charge < -0.3 is 10.2 Å². The van der Waals surface area contributed by atoms with Crippen molar-refractivity contribution in [3.8, 4) is 0 Å². The van der Waals surface area contributed by atoms with Crippen molar-refractivity contribution in [2.24, 2.45) is 0 Å². The molecular weight excluding hydrogens is 263 g/mol. The summed E-state index contributed by atoms with van der Waals surface area (Å²) in [5.41, 5.74) is 3.19. The molecule has 0 saturated carbocycles. The molecule has 112 valence electrons. The Balaban J connectivity index is 2.18. The number of benzene rings is 2. The van der Waals surface area contributed by atoms with E-state index in [1.165, 1.54) is 11.6 Å². The van der Waals surface area contributed by atoms with Gasteiger partial charge in [0.15, 0.2) is 0 Å². The van der Waals surface area contributed by atoms with E-state index in [1.807, 2.05) is 18.0 Å². The van der Waals surface area contributed by atoms with Gasteiger partial charge in [-0.15, -0.1) is 0 Å². The fraction of sp³-hybridized carbons (Fsp3) is 0.333. The second-order valence-corrected chi connectivity index (χ2v) is 5.15. The molecule has 0 bridgehead atoms. The van der Waals surface area contributed by atoms with Gasteiger partial charge in [0.1, 0.15) is 5.82 Å². The standard InChI is InChI=1S/C18H23FN2/c1-4-18(20-5-2)14-9-11-16(12-10-14)21(3)17-8-6-7-15(19)13-17/h6-13,18,20H,4-5H2,1-3H3. The van der Waals surface area contributed by atoms with Crippen LogP contribution in [-0.2, 0) is 0 Å². The van der Waals surface area contributed by atoms with Crippen LogP contribution < -0.4 is 10.2 Å². The van der Waals surface area contributed by atoms with Crippen molar-refractivity contribution in [1.29, 1.82) is 0 Å². The highest BCUT2D eigenvalue weighted by atomic mass is 19.1. The molecule has 0 fully saturated rings. The van der Waals surface area contributed by atoms with Crippen molar-refractivity contribution in [2.75, 3.05) is 18.5 Å². The zero-order valence-corrected chi connectivity index (χ0v) is 12.9. The van der Waals surface area contributed by atoms with E-state index >= 15 is 0 Å². The molecule has 21 heavy (non-hydrogen) atoms. The van der Waals surface area contributed by atoms with Crippen molar-refractivity contribution in [1.82, 2.24) is 5.32 Å². The maximum absolute atomic E-state index is 13.3. The summed E-state index contributed by atoms with van der Waals surface area (Å²) in [4.78, 5) is 1.99. The second-order valence-electron chi connectivity index (χ2n) is 5.15. The average molecular weight is 286 g/mol. The minimum atomic E-state index is -0.214. The number of halogens is 1. The Morgan fingerprint density at radius 3 is 2.33 bits per heavy atom. The van der Waals surface area contributed by atoms with Crippen LogP contribution in [0.3, 0.4) is 0 Å². The lowest BCUT2D eigenvalue weighted by molar-refractivity contribution is 0.537. The minimum absolute atomic E-state index is 0.214. The highest BCUT2D eigenvalue weighted by Gasteiger charge is 2.09. The van der Waals surface area contributed by atoms with Crippen LogP contribution in [0.25, 0.3) is 0 Å². The van der Waals surface area contributed by atoms with Crippen LogP contribution in [0.5, 0.6) is 0 Å². The smallest absolute Gasteiger partial charge is 0.125 e. The van der Waals surface area contributed by atoms with E-state index in [1.54, 1.807) is 12.1 Å². The molecule has 0 aromatic heterocycles. The molecule has 3 heteroatoms. The third kappa shape index (κ3) is 3.82. The maximum atomic E-state index is 13.3. The summed E-state index contributed by atoms with van der Waals surface area (Å²) in [6.07, 6.45) is 1.06. The van der Waals surface area contributed by atoms with Crippen LogP contribution in [0.15, 0.2) is 48.5 Å². The molecule has 0 heterocycles. The van der Waals surface area contributed by atoms with Crippen molar-refractivity contribution in [3.63, 3.8) is 0 Å². The number of hydrogen-bond donors (Lipinski definition) is 1. The summed E-state index contributed by atoms with van der Waals surface area (Å²) in [5, 5.41) is 3.47. The van der Waals surface area contributed by atoms with Gasteiger partial charge in [-0.1, -0.05) is 32.0 Å². The molecule has 1 N–H and O–H groups in total. The summed E-state index contributed by atoms with van der Waals surface area (Å²) < 4.78 is 13.3. The molecule has 0 aliphatic carbocycles. The Hall–Kier alpha value is -1.87. The zero-order valence-electron chi connectivity index (χ0n) is 12.9. The van der Waals surface area contributed by atoms with Gasteiger partial charge in [-0.25, -0.2) is 4.39 Å². The molecule has 0 amide bonds. The first-order valence-electron chi connectivity index (χ1n) is 7.48. The summed E-state index contributed by atoms with van der Waals surface area (Å²) >= 11 is 0. The molecule has 1 atom stereocenters. The fourth-order valence-electron chi connectivity index (χ4n) is 2.51. The van der Waals surface area contributed by atoms with Crippen LogP contribution in [0.1, 0.15) is 31.9 Å². The molecule has 2 aromatic rings. The van der Waals surface area contributed by atoms with E-state index in [0.717, 1.165) is 24.3 Å². The Labute approximate surface area is 126 Å². The van der Waals surface area contributed by atoms with Crippen LogP contribution in [-0.4, -0.2) is 13.6 Å². The number of nitrogens with one attached hydrogen (secondary N) is 1. The largest absolute Gasteiger partial charge is 0.345 e. The first-order chi connectivity index (χ1) is 10.2. The summed E-state index contributed by atoms with van der Waals surface area (Å²) in [6, 6.07) is 15.5. The van der Waals surface area contributed by atoms with E-state index in [-0.39, 0.29) is 5.82 Å². The van der Waals surface area contributed by atoms with Gasteiger partial charge >= 0.3 is 0 Å². The van der Waals surface area contributed by atoms with Crippen molar-refractivity contribution in [3.05, 3.63) is 59.9 Å². The third-order valence-electron chi connectivity index (χ3n) is 3.74. The van der Waals surface area contributed by atoms with Crippen molar-refractivity contribution in [2.45, 2.75) is 26.3 Å². The Morgan fingerprint density at radius 2 is 1.76 bits per heavy atom. The minimum Gasteiger partial charge on any atom is -0.345 e. The lowest BCUT2D eigenvalue weighted by Gasteiger charge is -2.21. The molecule has 1 unspecified atom stereocenters. The second kappa shape index (κ2) is 7.23. The van der Waals surface area contributed by atoms with Gasteiger partial charge in [0.25, 0.3) is 0 Å². The van der Waals surface area contributed by atoms with Gasteiger partial charge in [-0.2, -0.15) is 0 Å². The van der Waals surface area contributed by atoms with Gasteiger partial charge in [-0.3, -0.25) is 0 Å². The molecule has 2 nitrogen and oxygen atoms in total. The van der Waals surface area contributed by atoms with Gasteiger partial charge in [0, 0.05) is 24.5 Å². The Bertz CT molecular complexity index is 566. The first-order valence-corrected chi connectivity index (χ1v) is 7.48. The lowest BCUT2D eigenvalue weighted by atomic mass is 10.0. The maximum Gasteiger partial charge on any atom is 0.125 e. The Kier molecular flexibility index (Phi) is 5.34. The molecule has 0 radical (unpaired) electrons. The van der Waals surface area contributed by atoms with Gasteiger partial charge in [-0.05, 0) is 48.9 Å². The first kappa shape index (κ1) is 15.5. The highest BCUT2D eigenvalue weighted by molar-refractivity contribution is 5.62.